The molecule has 1 aromatic carbocycles. The molecule has 0 amide bonds. The number of thiazole rings is 1. The molecular formula is C18H19N7S. The topological polar surface area (TPSA) is 118 Å². The number of fused-ring (bicyclic) bond motifs is 2. The Morgan fingerprint density at radius 3 is 2.96 bits per heavy atom. The third-order valence-corrected chi connectivity index (χ3v) is 5.54. The number of nitrogens with zero attached hydrogens (tertiary/aromatic N) is 4. The van der Waals surface area contributed by atoms with Crippen LogP contribution in [0.1, 0.15) is 21.7 Å². The van der Waals surface area contributed by atoms with Crippen LogP contribution >= 0.6 is 11.3 Å². The molecule has 3 heterocycles. The van der Waals surface area contributed by atoms with Crippen LogP contribution in [-0.2, 0) is 13.0 Å². The highest BCUT2D eigenvalue weighted by atomic mass is 32.1. The zero-order valence-corrected chi connectivity index (χ0v) is 15.2. The van der Waals surface area contributed by atoms with Crippen molar-refractivity contribution in [2.45, 2.75) is 19.9 Å². The normalized spacial score (nSPS) is 14.5. The Kier molecular flexibility index (Phi) is 4.04. The van der Waals surface area contributed by atoms with E-state index in [1.54, 1.807) is 6.33 Å². The summed E-state index contributed by atoms with van der Waals surface area (Å²) in [6, 6.07) is 4.01. The number of nitrogens with two attached hydrogens (primary N) is 2. The van der Waals surface area contributed by atoms with Crippen molar-refractivity contribution in [2.75, 3.05) is 17.2 Å². The fourth-order valence-electron chi connectivity index (χ4n) is 3.37. The fraction of sp³-hybridized carbons (Fsp3) is 0.222. The van der Waals surface area contributed by atoms with Crippen molar-refractivity contribution < 1.29 is 0 Å². The molecule has 5 N–H and O–H groups in total. The highest BCUT2D eigenvalue weighted by molar-refractivity contribution is 7.15. The molecule has 0 radical (unpaired) electrons. The molecule has 1 aliphatic heterocycles. The van der Waals surface area contributed by atoms with E-state index in [-0.39, 0.29) is 0 Å². The van der Waals surface area contributed by atoms with Crippen LogP contribution in [0.5, 0.6) is 0 Å². The molecule has 0 saturated heterocycles. The summed E-state index contributed by atoms with van der Waals surface area (Å²) in [5, 5.41) is 9.16. The number of anilines is 2. The Labute approximate surface area is 154 Å². The first kappa shape index (κ1) is 16.5. The van der Waals surface area contributed by atoms with Gasteiger partial charge < -0.3 is 21.8 Å². The van der Waals surface area contributed by atoms with Crippen LogP contribution in [0.2, 0.25) is 0 Å². The number of benzene rings is 1. The van der Waals surface area contributed by atoms with Crippen LogP contribution < -0.4 is 16.4 Å². The van der Waals surface area contributed by atoms with Crippen molar-refractivity contribution in [3.63, 3.8) is 0 Å². The van der Waals surface area contributed by atoms with E-state index in [0.29, 0.717) is 10.7 Å². The van der Waals surface area contributed by atoms with Crippen LogP contribution in [0.4, 0.5) is 10.9 Å². The van der Waals surface area contributed by atoms with E-state index in [4.69, 9.17) is 16.9 Å². The van der Waals surface area contributed by atoms with Gasteiger partial charge in [-0.25, -0.2) is 15.0 Å². The largest absolute Gasteiger partial charge is 0.404 e. The third kappa shape index (κ3) is 2.68. The molecule has 0 bridgehead atoms. The Morgan fingerprint density at radius 1 is 1.35 bits per heavy atom. The van der Waals surface area contributed by atoms with Gasteiger partial charge in [0.15, 0.2) is 5.13 Å². The molecule has 0 saturated carbocycles. The third-order valence-electron chi connectivity index (χ3n) is 4.62. The summed E-state index contributed by atoms with van der Waals surface area (Å²) >= 11 is 1.54. The Hall–Kier alpha value is -3.00. The number of rotatable bonds is 3. The first-order chi connectivity index (χ1) is 12.6. The molecule has 0 spiro atoms. The SMILES string of the molecule is Cc1cc(/C(C=N)=C/N)cc2c(N3CCc4nc(N)sc4C3)ncnc12. The number of nitrogens with one attached hydrogen (secondary N) is 1. The van der Waals surface area contributed by atoms with Crippen molar-refractivity contribution in [1.29, 1.82) is 5.41 Å². The standard InChI is InChI=1S/C18H19N7S/c1-10-4-11(12(6-19)7-20)5-13-16(10)22-9-23-17(13)25-3-2-14-15(8-25)26-18(21)24-14/h4-7,9,19H,2-3,8,20H2,1H3,(H2,21,24)/b12-7+,19-6?. The van der Waals surface area contributed by atoms with Gasteiger partial charge in [-0.3, -0.25) is 0 Å². The lowest BCUT2D eigenvalue weighted by molar-refractivity contribution is 0.721. The minimum atomic E-state index is 0.617. The van der Waals surface area contributed by atoms with E-state index in [1.165, 1.54) is 28.6 Å². The quantitative estimate of drug-likeness (QED) is 0.614. The van der Waals surface area contributed by atoms with Crippen LogP contribution in [0.15, 0.2) is 24.7 Å². The summed E-state index contributed by atoms with van der Waals surface area (Å²) in [7, 11) is 0. The van der Waals surface area contributed by atoms with Crippen molar-refractivity contribution in [3.05, 3.63) is 46.4 Å². The maximum atomic E-state index is 7.58. The van der Waals surface area contributed by atoms with Gasteiger partial charge in [-0.2, -0.15) is 0 Å². The molecule has 132 valence electrons. The second kappa shape index (κ2) is 6.38. The zero-order valence-electron chi connectivity index (χ0n) is 14.4. The summed E-state index contributed by atoms with van der Waals surface area (Å²) in [4.78, 5) is 16.9. The fourth-order valence-corrected chi connectivity index (χ4v) is 4.27. The van der Waals surface area contributed by atoms with E-state index in [1.807, 2.05) is 19.1 Å². The number of nitrogen functional groups attached to an aromatic ring is 1. The highest BCUT2D eigenvalue weighted by Crippen LogP contribution is 2.33. The van der Waals surface area contributed by atoms with Gasteiger partial charge in [0.2, 0.25) is 0 Å². The molecule has 8 heteroatoms. The van der Waals surface area contributed by atoms with E-state index in [9.17, 15) is 0 Å². The van der Waals surface area contributed by atoms with E-state index < -0.39 is 0 Å². The van der Waals surface area contributed by atoms with Crippen LogP contribution in [0.3, 0.4) is 0 Å². The molecule has 26 heavy (non-hydrogen) atoms. The first-order valence-corrected chi connectivity index (χ1v) is 9.09. The smallest absolute Gasteiger partial charge is 0.180 e. The van der Waals surface area contributed by atoms with Gasteiger partial charge in [-0.15, -0.1) is 11.3 Å². The minimum absolute atomic E-state index is 0.617. The van der Waals surface area contributed by atoms with Crippen molar-refractivity contribution >= 4 is 45.0 Å². The Balaban J connectivity index is 1.84. The predicted octanol–water partition coefficient (Wildman–Crippen LogP) is 2.49. The molecule has 3 aromatic rings. The van der Waals surface area contributed by atoms with Crippen molar-refractivity contribution in [2.24, 2.45) is 5.73 Å². The number of aromatic nitrogens is 3. The molecule has 0 unspecified atom stereocenters. The molecule has 4 rings (SSSR count). The maximum absolute atomic E-state index is 7.58. The average Bonchev–Trinajstić information content (AvgIpc) is 3.01. The summed E-state index contributed by atoms with van der Waals surface area (Å²) in [5.74, 6) is 0.888. The highest BCUT2D eigenvalue weighted by Gasteiger charge is 2.23. The van der Waals surface area contributed by atoms with Crippen LogP contribution in [0.25, 0.3) is 16.5 Å². The van der Waals surface area contributed by atoms with Gasteiger partial charge >= 0.3 is 0 Å². The Bertz CT molecular complexity index is 1040. The van der Waals surface area contributed by atoms with E-state index in [0.717, 1.165) is 53.1 Å². The monoisotopic (exact) mass is 365 g/mol. The van der Waals surface area contributed by atoms with Gasteiger partial charge in [-0.1, -0.05) is 0 Å². The number of aryl methyl sites for hydroxylation is 1. The average molecular weight is 365 g/mol. The number of allylic oxidation sites excluding steroid dienone is 1. The summed E-state index contributed by atoms with van der Waals surface area (Å²) in [6.07, 6.45) is 5.17. The van der Waals surface area contributed by atoms with Crippen LogP contribution in [-0.4, -0.2) is 27.7 Å². The van der Waals surface area contributed by atoms with Gasteiger partial charge in [-0.05, 0) is 30.2 Å². The molecule has 0 atom stereocenters. The first-order valence-electron chi connectivity index (χ1n) is 8.27. The van der Waals surface area contributed by atoms with E-state index in [2.05, 4.69) is 19.9 Å². The molecule has 0 aliphatic carbocycles. The maximum Gasteiger partial charge on any atom is 0.180 e. The summed E-state index contributed by atoms with van der Waals surface area (Å²) in [6.45, 7) is 3.58. The number of hydrogen-bond acceptors (Lipinski definition) is 8. The molecular weight excluding hydrogens is 346 g/mol. The van der Waals surface area contributed by atoms with Gasteiger partial charge in [0.05, 0.1) is 17.8 Å². The lowest BCUT2D eigenvalue weighted by Gasteiger charge is -2.28. The van der Waals surface area contributed by atoms with Crippen molar-refractivity contribution in [1.82, 2.24) is 15.0 Å². The van der Waals surface area contributed by atoms with Crippen LogP contribution in [0, 0.1) is 12.3 Å². The second-order valence-corrected chi connectivity index (χ2v) is 7.36. The van der Waals surface area contributed by atoms with Gasteiger partial charge in [0.25, 0.3) is 0 Å². The van der Waals surface area contributed by atoms with E-state index >= 15 is 0 Å². The Morgan fingerprint density at radius 2 is 2.19 bits per heavy atom. The summed E-state index contributed by atoms with van der Waals surface area (Å²) < 4.78 is 0. The number of hydrogen-bond donors (Lipinski definition) is 3. The molecule has 2 aromatic heterocycles. The van der Waals surface area contributed by atoms with Gasteiger partial charge in [0.1, 0.15) is 12.1 Å². The summed E-state index contributed by atoms with van der Waals surface area (Å²) in [5.41, 5.74) is 16.1. The molecule has 0 fully saturated rings. The second-order valence-electron chi connectivity index (χ2n) is 6.25. The molecule has 7 nitrogen and oxygen atoms in total. The lowest BCUT2D eigenvalue weighted by atomic mass is 10.0. The van der Waals surface area contributed by atoms with Crippen molar-refractivity contribution in [3.8, 4) is 0 Å². The minimum Gasteiger partial charge on any atom is -0.404 e. The predicted molar refractivity (Wildman–Crippen MR) is 107 cm³/mol. The molecule has 1 aliphatic rings. The zero-order chi connectivity index (χ0) is 18.3. The lowest BCUT2D eigenvalue weighted by Crippen LogP contribution is -2.30. The van der Waals surface area contributed by atoms with Gasteiger partial charge in [0, 0.05) is 41.2 Å².